The van der Waals surface area contributed by atoms with Crippen molar-refractivity contribution in [3.05, 3.63) is 20.3 Å². The Morgan fingerprint density at radius 1 is 1.22 bits per heavy atom. The molecule has 1 rings (SSSR count). The fourth-order valence-electron chi connectivity index (χ4n) is 1.80. The van der Waals surface area contributed by atoms with Crippen molar-refractivity contribution < 1.29 is 4.74 Å². The summed E-state index contributed by atoms with van der Waals surface area (Å²) in [6.07, 6.45) is 0. The summed E-state index contributed by atoms with van der Waals surface area (Å²) in [7, 11) is 1.89. The van der Waals surface area contributed by atoms with Crippen LogP contribution in [0.3, 0.4) is 0 Å². The van der Waals surface area contributed by atoms with Crippen LogP contribution in [0.2, 0.25) is 0 Å². The van der Waals surface area contributed by atoms with Gasteiger partial charge in [0.2, 0.25) is 5.43 Å². The van der Waals surface area contributed by atoms with E-state index in [2.05, 4.69) is 10.6 Å². The van der Waals surface area contributed by atoms with Crippen LogP contribution in [0.4, 0.5) is 5.69 Å². The Bertz CT molecular complexity index is 456. The Labute approximate surface area is 113 Å². The highest BCUT2D eigenvalue weighted by Crippen LogP contribution is 2.29. The number of ether oxygens (including phenoxy) is 1. The van der Waals surface area contributed by atoms with Gasteiger partial charge in [0, 0.05) is 18.7 Å². The summed E-state index contributed by atoms with van der Waals surface area (Å²) in [4.78, 5) is 11.7. The number of nitrogens with one attached hydrogen (secondary N) is 2. The van der Waals surface area contributed by atoms with Crippen molar-refractivity contribution in [1.29, 1.82) is 0 Å². The van der Waals surface area contributed by atoms with E-state index in [0.29, 0.717) is 24.3 Å². The molecule has 0 atom stereocenters. The Morgan fingerprint density at radius 2 is 1.83 bits per heavy atom. The largest absolute Gasteiger partial charge is 0.381 e. The molecule has 0 heterocycles. The van der Waals surface area contributed by atoms with E-state index in [4.69, 9.17) is 17.0 Å². The zero-order chi connectivity index (χ0) is 13.8. The van der Waals surface area contributed by atoms with Crippen LogP contribution in [-0.4, -0.2) is 33.4 Å². The van der Waals surface area contributed by atoms with Gasteiger partial charge in [-0.3, -0.25) is 4.79 Å². The minimum absolute atomic E-state index is 0.0103. The van der Waals surface area contributed by atoms with Gasteiger partial charge in [-0.25, -0.2) is 0 Å². The van der Waals surface area contributed by atoms with E-state index in [9.17, 15) is 4.79 Å². The Balaban J connectivity index is 2.47. The molecule has 0 aromatic heterocycles. The molecule has 1 aromatic rings. The molecule has 0 saturated heterocycles. The summed E-state index contributed by atoms with van der Waals surface area (Å²) in [5.74, 6) is 0. The van der Waals surface area contributed by atoms with Gasteiger partial charge >= 0.3 is 0 Å². The molecule has 102 valence electrons. The lowest BCUT2D eigenvalue weighted by Crippen LogP contribution is -2.31. The quantitative estimate of drug-likeness (QED) is 0.582. The molecule has 4 nitrogen and oxygen atoms in total. The van der Waals surface area contributed by atoms with Gasteiger partial charge in [0.1, 0.15) is 4.51 Å². The van der Waals surface area contributed by atoms with E-state index < -0.39 is 0 Å². The molecule has 0 bridgehead atoms. The van der Waals surface area contributed by atoms with Crippen molar-refractivity contribution in [2.75, 3.05) is 38.7 Å². The van der Waals surface area contributed by atoms with E-state index in [1.54, 1.807) is 0 Å². The van der Waals surface area contributed by atoms with E-state index in [1.165, 1.54) is 0 Å². The second-order valence-electron chi connectivity index (χ2n) is 5.30. The summed E-state index contributed by atoms with van der Waals surface area (Å²) in [5.41, 5.74) is 1.49. The minimum atomic E-state index is -0.158. The molecule has 18 heavy (non-hydrogen) atoms. The molecule has 0 aliphatic carbocycles. The van der Waals surface area contributed by atoms with Crippen LogP contribution in [0, 0.1) is 4.51 Å². The molecule has 0 unspecified atom stereocenters. The highest BCUT2D eigenvalue weighted by molar-refractivity contribution is 7.71. The number of hydrogen-bond donors (Lipinski definition) is 2. The van der Waals surface area contributed by atoms with Crippen molar-refractivity contribution in [1.82, 2.24) is 5.32 Å². The molecule has 0 saturated carbocycles. The average Bonchev–Trinajstić information content (AvgIpc) is 2.29. The molecular formula is C13H22N2O2S. The third-order valence-corrected chi connectivity index (χ3v) is 3.09. The molecule has 0 amide bonds. The first-order valence-corrected chi connectivity index (χ1v) is 6.60. The number of likely N-dealkylation sites (N-methyl/N-ethyl adjacent to an activating group) is 1. The van der Waals surface area contributed by atoms with Crippen LogP contribution in [0.1, 0.15) is 26.3 Å². The summed E-state index contributed by atoms with van der Waals surface area (Å²) in [6.45, 7) is 8.87. The van der Waals surface area contributed by atoms with Gasteiger partial charge < -0.3 is 15.4 Å². The maximum absolute atomic E-state index is 11.7. The topological polar surface area (TPSA) is 50.4 Å². The number of hydrogen-bond acceptors (Lipinski definition) is 5. The summed E-state index contributed by atoms with van der Waals surface area (Å²) in [5, 5.41) is 6.21. The monoisotopic (exact) mass is 270 g/mol. The van der Waals surface area contributed by atoms with Crippen molar-refractivity contribution in [3.8, 4) is 0 Å². The number of rotatable bonds is 7. The summed E-state index contributed by atoms with van der Waals surface area (Å²) < 4.78 is 5.83. The van der Waals surface area contributed by atoms with Gasteiger partial charge in [-0.05, 0) is 12.5 Å². The molecule has 0 aliphatic rings. The second kappa shape index (κ2) is 6.41. The van der Waals surface area contributed by atoms with E-state index in [-0.39, 0.29) is 10.8 Å². The normalized spacial score (nSPS) is 12.0. The summed E-state index contributed by atoms with van der Waals surface area (Å²) >= 11 is 5.07. The second-order valence-corrected chi connectivity index (χ2v) is 5.71. The first kappa shape index (κ1) is 15.3. The lowest BCUT2D eigenvalue weighted by Gasteiger charge is -2.25. The van der Waals surface area contributed by atoms with Crippen molar-refractivity contribution >= 4 is 17.9 Å². The maximum atomic E-state index is 11.7. The van der Waals surface area contributed by atoms with Gasteiger partial charge in [-0.15, -0.1) is 0 Å². The molecular weight excluding hydrogens is 248 g/mol. The van der Waals surface area contributed by atoms with Gasteiger partial charge in [-0.2, -0.15) is 0 Å². The Morgan fingerprint density at radius 3 is 2.39 bits per heavy atom. The minimum Gasteiger partial charge on any atom is -0.381 e. The molecule has 0 radical (unpaired) electrons. The van der Waals surface area contributed by atoms with Crippen LogP contribution < -0.4 is 16.1 Å². The predicted molar refractivity (Wildman–Crippen MR) is 77.9 cm³/mol. The van der Waals surface area contributed by atoms with Gasteiger partial charge in [0.25, 0.3) is 0 Å². The lowest BCUT2D eigenvalue weighted by atomic mass is 9.83. The maximum Gasteiger partial charge on any atom is 0.204 e. The van der Waals surface area contributed by atoms with Crippen LogP contribution in [0.25, 0.3) is 0 Å². The van der Waals surface area contributed by atoms with Gasteiger partial charge in [-0.1, -0.05) is 33.0 Å². The standard InChI is InChI=1S/C13H22N2O2S/c1-13(2,3)9-10(12(18)11(9)16)15-6-8-17-7-5-14-4/h14-15H,5-8H2,1-4H3. The zero-order valence-electron chi connectivity index (χ0n) is 11.6. The van der Waals surface area contributed by atoms with Crippen molar-refractivity contribution in [3.63, 3.8) is 0 Å². The highest BCUT2D eigenvalue weighted by Gasteiger charge is 2.27. The van der Waals surface area contributed by atoms with Crippen molar-refractivity contribution in [2.45, 2.75) is 26.2 Å². The SMILES string of the molecule is CNCCOCCNc1c(C(C)(C)C)c(=O)c1=S. The lowest BCUT2D eigenvalue weighted by molar-refractivity contribution is 0.147. The van der Waals surface area contributed by atoms with Crippen LogP contribution in [0.5, 0.6) is 0 Å². The molecule has 5 heteroatoms. The van der Waals surface area contributed by atoms with E-state index in [1.807, 2.05) is 27.8 Å². The smallest absolute Gasteiger partial charge is 0.204 e. The first-order chi connectivity index (χ1) is 8.39. The average molecular weight is 270 g/mol. The molecule has 0 fully saturated rings. The van der Waals surface area contributed by atoms with E-state index >= 15 is 0 Å². The predicted octanol–water partition coefficient (Wildman–Crippen LogP) is 1.60. The van der Waals surface area contributed by atoms with Crippen LogP contribution in [-0.2, 0) is 10.2 Å². The third-order valence-electron chi connectivity index (χ3n) is 2.70. The Kier molecular flexibility index (Phi) is 5.44. The number of anilines is 1. The van der Waals surface area contributed by atoms with Crippen LogP contribution in [0.15, 0.2) is 4.79 Å². The van der Waals surface area contributed by atoms with Crippen molar-refractivity contribution in [2.24, 2.45) is 0 Å². The van der Waals surface area contributed by atoms with Gasteiger partial charge in [0.05, 0.1) is 18.9 Å². The molecule has 2 N–H and O–H groups in total. The van der Waals surface area contributed by atoms with E-state index in [0.717, 1.165) is 17.8 Å². The molecule has 0 aliphatic heterocycles. The Hall–Kier alpha value is -0.780. The third kappa shape index (κ3) is 3.60. The summed E-state index contributed by atoms with van der Waals surface area (Å²) in [6, 6.07) is 0. The molecule has 1 aromatic carbocycles. The first-order valence-electron chi connectivity index (χ1n) is 6.19. The van der Waals surface area contributed by atoms with Crippen LogP contribution >= 0.6 is 12.2 Å². The fraction of sp³-hybridized carbons (Fsp3) is 0.692. The fourth-order valence-corrected chi connectivity index (χ4v) is 2.08. The highest BCUT2D eigenvalue weighted by atomic mass is 32.1. The molecule has 0 spiro atoms. The van der Waals surface area contributed by atoms with Gasteiger partial charge in [0.15, 0.2) is 0 Å². The zero-order valence-corrected chi connectivity index (χ0v) is 12.4.